The van der Waals surface area contributed by atoms with Gasteiger partial charge in [0, 0.05) is 42.8 Å². The number of aromatic nitrogens is 3. The maximum absolute atomic E-state index is 12.9. The third-order valence-corrected chi connectivity index (χ3v) is 4.89. The van der Waals surface area contributed by atoms with Crippen LogP contribution in [0.2, 0.25) is 0 Å². The number of amides is 2. The molecule has 1 N–H and O–H groups in total. The van der Waals surface area contributed by atoms with Gasteiger partial charge >= 0.3 is 0 Å². The Morgan fingerprint density at radius 3 is 2.93 bits per heavy atom. The molecule has 1 aliphatic rings. The smallest absolute Gasteiger partial charge is 0.276 e. The van der Waals surface area contributed by atoms with Crippen molar-refractivity contribution in [3.63, 3.8) is 0 Å². The lowest BCUT2D eigenvalue weighted by Gasteiger charge is -2.31. The highest BCUT2D eigenvalue weighted by Crippen LogP contribution is 2.23. The molecule has 3 aromatic rings. The number of hydrogen-bond acceptors (Lipinski definition) is 6. The summed E-state index contributed by atoms with van der Waals surface area (Å²) < 4.78 is 5.30. The number of aryl methyl sites for hydroxylation is 1. The van der Waals surface area contributed by atoms with Crippen LogP contribution in [0.25, 0.3) is 11.3 Å². The molecule has 4 heterocycles. The average molecular weight is 391 g/mol. The van der Waals surface area contributed by atoms with Crippen LogP contribution in [-0.2, 0) is 4.79 Å². The first-order valence-electron chi connectivity index (χ1n) is 9.51. The summed E-state index contributed by atoms with van der Waals surface area (Å²) in [6, 6.07) is 10.7. The number of carbonyl (C=O) groups is 2. The molecule has 1 unspecified atom stereocenters. The fraction of sp³-hybridized carbons (Fsp3) is 0.286. The monoisotopic (exact) mass is 391 g/mol. The summed E-state index contributed by atoms with van der Waals surface area (Å²) in [6.07, 6.45) is 4.78. The van der Waals surface area contributed by atoms with Crippen molar-refractivity contribution in [3.05, 3.63) is 60.2 Å². The average Bonchev–Trinajstić information content (AvgIpc) is 3.24. The fourth-order valence-corrected chi connectivity index (χ4v) is 3.40. The highest BCUT2D eigenvalue weighted by atomic mass is 16.5. The number of pyridine rings is 2. The normalized spacial score (nSPS) is 16.4. The van der Waals surface area contributed by atoms with E-state index in [0.29, 0.717) is 24.7 Å². The van der Waals surface area contributed by atoms with Gasteiger partial charge in [-0.05, 0) is 44.0 Å². The minimum atomic E-state index is -0.292. The first-order valence-corrected chi connectivity index (χ1v) is 9.51. The molecule has 1 fully saturated rings. The van der Waals surface area contributed by atoms with E-state index < -0.39 is 0 Å². The quantitative estimate of drug-likeness (QED) is 0.734. The second-order valence-electron chi connectivity index (χ2n) is 7.06. The van der Waals surface area contributed by atoms with Gasteiger partial charge in [-0.2, -0.15) is 0 Å². The maximum Gasteiger partial charge on any atom is 0.276 e. The molecule has 0 bridgehead atoms. The summed E-state index contributed by atoms with van der Waals surface area (Å²) in [6.45, 7) is 2.79. The Bertz CT molecular complexity index is 1020. The van der Waals surface area contributed by atoms with Crippen molar-refractivity contribution < 1.29 is 14.1 Å². The molecule has 3 aromatic heterocycles. The Balaban J connectivity index is 1.42. The highest BCUT2D eigenvalue weighted by molar-refractivity contribution is 5.95. The first kappa shape index (κ1) is 18.8. The number of anilines is 1. The van der Waals surface area contributed by atoms with E-state index in [1.54, 1.807) is 35.5 Å². The predicted molar refractivity (Wildman–Crippen MR) is 106 cm³/mol. The van der Waals surface area contributed by atoms with Crippen LogP contribution in [0, 0.1) is 12.8 Å². The van der Waals surface area contributed by atoms with Gasteiger partial charge in [0.1, 0.15) is 5.82 Å². The Morgan fingerprint density at radius 2 is 2.14 bits per heavy atom. The molecule has 148 valence electrons. The molecule has 0 radical (unpaired) electrons. The molecule has 0 aliphatic carbocycles. The van der Waals surface area contributed by atoms with Gasteiger partial charge in [-0.15, -0.1) is 0 Å². The van der Waals surface area contributed by atoms with Crippen molar-refractivity contribution in [1.29, 1.82) is 0 Å². The minimum Gasteiger partial charge on any atom is -0.355 e. The molecule has 0 aromatic carbocycles. The van der Waals surface area contributed by atoms with Gasteiger partial charge in [-0.25, -0.2) is 4.98 Å². The lowest BCUT2D eigenvalue weighted by Crippen LogP contribution is -2.44. The lowest BCUT2D eigenvalue weighted by molar-refractivity contribution is -0.121. The summed E-state index contributed by atoms with van der Waals surface area (Å²) >= 11 is 0. The van der Waals surface area contributed by atoms with Crippen LogP contribution in [0.15, 0.2) is 53.3 Å². The number of rotatable bonds is 4. The van der Waals surface area contributed by atoms with Crippen LogP contribution in [-0.4, -0.2) is 44.9 Å². The Labute approximate surface area is 167 Å². The lowest BCUT2D eigenvalue weighted by atomic mass is 9.97. The van der Waals surface area contributed by atoms with E-state index in [9.17, 15) is 9.59 Å². The molecule has 29 heavy (non-hydrogen) atoms. The van der Waals surface area contributed by atoms with Crippen molar-refractivity contribution in [2.24, 2.45) is 5.92 Å². The molecule has 4 rings (SSSR count). The molecular weight excluding hydrogens is 370 g/mol. The van der Waals surface area contributed by atoms with E-state index in [4.69, 9.17) is 4.52 Å². The second kappa shape index (κ2) is 8.22. The van der Waals surface area contributed by atoms with E-state index in [1.165, 1.54) is 0 Å². The summed E-state index contributed by atoms with van der Waals surface area (Å²) in [4.78, 5) is 35.5. The van der Waals surface area contributed by atoms with Gasteiger partial charge in [0.2, 0.25) is 5.91 Å². The van der Waals surface area contributed by atoms with Crippen molar-refractivity contribution >= 4 is 17.6 Å². The van der Waals surface area contributed by atoms with Crippen LogP contribution in [0.3, 0.4) is 0 Å². The molecular formula is C21H21N5O3. The molecule has 8 nitrogen and oxygen atoms in total. The van der Waals surface area contributed by atoms with Crippen molar-refractivity contribution in [2.45, 2.75) is 19.8 Å². The van der Waals surface area contributed by atoms with Crippen molar-refractivity contribution in [2.75, 3.05) is 18.4 Å². The van der Waals surface area contributed by atoms with E-state index >= 15 is 0 Å². The van der Waals surface area contributed by atoms with Gasteiger partial charge < -0.3 is 14.7 Å². The molecule has 0 saturated carbocycles. The number of likely N-dealkylation sites (tertiary alicyclic amines) is 1. The summed E-state index contributed by atoms with van der Waals surface area (Å²) in [7, 11) is 0. The zero-order valence-corrected chi connectivity index (χ0v) is 16.0. The largest absolute Gasteiger partial charge is 0.355 e. The maximum atomic E-state index is 12.9. The number of nitrogens with one attached hydrogen (secondary N) is 1. The number of hydrogen-bond donors (Lipinski definition) is 1. The van der Waals surface area contributed by atoms with Gasteiger partial charge in [0.25, 0.3) is 5.91 Å². The molecule has 1 saturated heterocycles. The Kier molecular flexibility index (Phi) is 5.33. The molecule has 0 spiro atoms. The van der Waals surface area contributed by atoms with Crippen LogP contribution in [0.4, 0.5) is 5.82 Å². The van der Waals surface area contributed by atoms with E-state index in [0.717, 1.165) is 24.1 Å². The highest BCUT2D eigenvalue weighted by Gasteiger charge is 2.30. The van der Waals surface area contributed by atoms with Crippen molar-refractivity contribution in [1.82, 2.24) is 20.0 Å². The zero-order chi connectivity index (χ0) is 20.2. The summed E-state index contributed by atoms with van der Waals surface area (Å²) in [5, 5.41) is 6.76. The number of piperidine rings is 1. The van der Waals surface area contributed by atoms with Gasteiger partial charge in [0.05, 0.1) is 5.92 Å². The van der Waals surface area contributed by atoms with Crippen molar-refractivity contribution in [3.8, 4) is 11.3 Å². The Hall–Kier alpha value is -3.55. The van der Waals surface area contributed by atoms with Crippen LogP contribution in [0.5, 0.6) is 0 Å². The van der Waals surface area contributed by atoms with Crippen LogP contribution < -0.4 is 5.32 Å². The molecule has 1 atom stereocenters. The Morgan fingerprint density at radius 1 is 1.24 bits per heavy atom. The number of nitrogens with zero attached hydrogens (tertiary/aromatic N) is 4. The van der Waals surface area contributed by atoms with E-state index in [2.05, 4.69) is 20.4 Å². The number of carbonyl (C=O) groups excluding carboxylic acids is 2. The predicted octanol–water partition coefficient (Wildman–Crippen LogP) is 2.93. The van der Waals surface area contributed by atoms with Gasteiger partial charge in [-0.1, -0.05) is 11.2 Å². The molecule has 8 heteroatoms. The third kappa shape index (κ3) is 4.31. The van der Waals surface area contributed by atoms with E-state index in [1.807, 2.05) is 25.1 Å². The minimum absolute atomic E-state index is 0.128. The third-order valence-electron chi connectivity index (χ3n) is 4.89. The standard InChI is InChI=1S/C21H21N5O3/c1-14-5-2-8-19(23-14)24-20(27)16-7-4-10-26(13-16)21(28)17-11-18(29-25-17)15-6-3-9-22-12-15/h2-3,5-6,8-9,11-12,16H,4,7,10,13H2,1H3,(H,23,24,27). The van der Waals surface area contributed by atoms with E-state index in [-0.39, 0.29) is 23.4 Å². The summed E-state index contributed by atoms with van der Waals surface area (Å²) in [5.74, 6) is 0.348. The zero-order valence-electron chi connectivity index (χ0n) is 16.0. The summed E-state index contributed by atoms with van der Waals surface area (Å²) in [5.41, 5.74) is 1.81. The SMILES string of the molecule is Cc1cccc(NC(=O)C2CCCN(C(=O)c3cc(-c4cccnc4)on3)C2)n1. The first-order chi connectivity index (χ1) is 14.1. The van der Waals surface area contributed by atoms with Gasteiger partial charge in [0.15, 0.2) is 11.5 Å². The van der Waals surface area contributed by atoms with Crippen LogP contribution >= 0.6 is 0 Å². The topological polar surface area (TPSA) is 101 Å². The van der Waals surface area contributed by atoms with Gasteiger partial charge in [-0.3, -0.25) is 14.6 Å². The van der Waals surface area contributed by atoms with Crippen LogP contribution in [0.1, 0.15) is 29.0 Å². The second-order valence-corrected chi connectivity index (χ2v) is 7.06. The molecule has 2 amide bonds. The molecule has 1 aliphatic heterocycles. The fourth-order valence-electron chi connectivity index (χ4n) is 3.40.